The van der Waals surface area contributed by atoms with Gasteiger partial charge in [0, 0.05) is 6.61 Å². The van der Waals surface area contributed by atoms with Crippen LogP contribution in [-0.2, 0) is 14.4 Å². The van der Waals surface area contributed by atoms with Crippen molar-refractivity contribution in [1.82, 2.24) is 10.6 Å². The zero-order chi connectivity index (χ0) is 17.1. The predicted molar refractivity (Wildman–Crippen MR) is 75.4 cm³/mol. The molecule has 0 aromatic rings. The Hall–Kier alpha value is -1.75. The molecule has 0 aromatic carbocycles. The Morgan fingerprint density at radius 3 is 1.68 bits per heavy atom. The van der Waals surface area contributed by atoms with Crippen molar-refractivity contribution in [2.45, 2.75) is 37.4 Å². The monoisotopic (exact) mass is 321 g/mol. The summed E-state index contributed by atoms with van der Waals surface area (Å²) >= 11 is 0. The quantitative estimate of drug-likeness (QED) is 0.194. The van der Waals surface area contributed by atoms with E-state index in [0.29, 0.717) is 0 Å². The van der Waals surface area contributed by atoms with Crippen LogP contribution in [0.4, 0.5) is 0 Å². The van der Waals surface area contributed by atoms with Crippen molar-refractivity contribution in [3.63, 3.8) is 0 Å². The summed E-state index contributed by atoms with van der Waals surface area (Å²) < 4.78 is 0. The van der Waals surface area contributed by atoms with Crippen LogP contribution >= 0.6 is 0 Å². The lowest BCUT2D eigenvalue weighted by molar-refractivity contribution is -0.140. The second kappa shape index (κ2) is 10.9. The van der Waals surface area contributed by atoms with Gasteiger partial charge in [0.1, 0.15) is 18.1 Å². The summed E-state index contributed by atoms with van der Waals surface area (Å²) in [5.41, 5.74) is 5.30. The fraction of sp³-hybridized carbons (Fsp3) is 0.750. The van der Waals surface area contributed by atoms with Crippen LogP contribution in [0.1, 0.15) is 19.3 Å². The number of carboxylic acids is 3. The van der Waals surface area contributed by atoms with Crippen molar-refractivity contribution < 1.29 is 34.8 Å². The molecule has 0 saturated heterocycles. The van der Waals surface area contributed by atoms with E-state index >= 15 is 0 Å². The van der Waals surface area contributed by atoms with Gasteiger partial charge in [-0.1, -0.05) is 0 Å². The molecular weight excluding hydrogens is 298 g/mol. The van der Waals surface area contributed by atoms with Crippen molar-refractivity contribution >= 4 is 17.9 Å². The third kappa shape index (κ3) is 8.52. The normalized spacial score (nSPS) is 15.0. The standard InChI is InChI=1S/C12H23N3O7/c13-7(10(17)18)1-4-14-8(11(19)20)2-5-15-9(3-6-16)12(21)22/h7-9,14-16H,1-6,13H2,(H,17,18)(H,19,20)(H,21,22)/t7-,8-,9-/m0/s1. The summed E-state index contributed by atoms with van der Waals surface area (Å²) in [7, 11) is 0. The Bertz CT molecular complexity index is 378. The second-order valence-electron chi connectivity index (χ2n) is 4.72. The predicted octanol–water partition coefficient (Wildman–Crippen LogP) is -2.35. The van der Waals surface area contributed by atoms with Crippen molar-refractivity contribution in [3.8, 4) is 0 Å². The van der Waals surface area contributed by atoms with E-state index in [4.69, 9.17) is 26.2 Å². The van der Waals surface area contributed by atoms with Crippen LogP contribution in [0, 0.1) is 0 Å². The van der Waals surface area contributed by atoms with Crippen LogP contribution < -0.4 is 16.4 Å². The highest BCUT2D eigenvalue weighted by atomic mass is 16.4. The third-order valence-corrected chi connectivity index (χ3v) is 3.00. The van der Waals surface area contributed by atoms with E-state index in [2.05, 4.69) is 10.6 Å². The Morgan fingerprint density at radius 1 is 0.818 bits per heavy atom. The fourth-order valence-electron chi connectivity index (χ4n) is 1.69. The first kappa shape index (κ1) is 20.2. The highest BCUT2D eigenvalue weighted by molar-refractivity contribution is 5.74. The first-order valence-corrected chi connectivity index (χ1v) is 6.81. The molecule has 22 heavy (non-hydrogen) atoms. The molecule has 0 heterocycles. The molecule has 0 aromatic heterocycles. The van der Waals surface area contributed by atoms with Gasteiger partial charge in [-0.3, -0.25) is 14.4 Å². The van der Waals surface area contributed by atoms with Crippen LogP contribution in [0.15, 0.2) is 0 Å². The number of carbonyl (C=O) groups is 3. The lowest BCUT2D eigenvalue weighted by Gasteiger charge is -2.18. The number of aliphatic hydroxyl groups is 1. The molecule has 0 amide bonds. The molecule has 0 fully saturated rings. The van der Waals surface area contributed by atoms with Crippen molar-refractivity contribution in [2.75, 3.05) is 19.7 Å². The molecule has 0 saturated carbocycles. The minimum Gasteiger partial charge on any atom is -0.480 e. The van der Waals surface area contributed by atoms with Crippen molar-refractivity contribution in [3.05, 3.63) is 0 Å². The molecule has 0 aliphatic rings. The van der Waals surface area contributed by atoms with Crippen LogP contribution in [0.25, 0.3) is 0 Å². The largest absolute Gasteiger partial charge is 0.480 e. The molecule has 0 unspecified atom stereocenters. The van der Waals surface area contributed by atoms with Crippen LogP contribution in [0.5, 0.6) is 0 Å². The lowest BCUT2D eigenvalue weighted by Crippen LogP contribution is -2.44. The molecule has 8 N–H and O–H groups in total. The van der Waals surface area contributed by atoms with Crippen LogP contribution in [-0.4, -0.2) is 76.2 Å². The Morgan fingerprint density at radius 2 is 1.27 bits per heavy atom. The zero-order valence-corrected chi connectivity index (χ0v) is 12.1. The fourth-order valence-corrected chi connectivity index (χ4v) is 1.69. The Balaban J connectivity index is 4.17. The molecule has 128 valence electrons. The van der Waals surface area contributed by atoms with Gasteiger partial charge in [0.05, 0.1) is 0 Å². The third-order valence-electron chi connectivity index (χ3n) is 3.00. The maximum atomic E-state index is 11.1. The highest BCUT2D eigenvalue weighted by Gasteiger charge is 2.20. The van der Waals surface area contributed by atoms with Crippen molar-refractivity contribution in [2.24, 2.45) is 5.73 Å². The van der Waals surface area contributed by atoms with Gasteiger partial charge in [0.2, 0.25) is 0 Å². The van der Waals surface area contributed by atoms with Gasteiger partial charge in [-0.2, -0.15) is 0 Å². The molecule has 10 nitrogen and oxygen atoms in total. The smallest absolute Gasteiger partial charge is 0.320 e. The highest BCUT2D eigenvalue weighted by Crippen LogP contribution is 1.97. The summed E-state index contributed by atoms with van der Waals surface area (Å²) in [6, 6.07) is -2.96. The number of hydrogen-bond acceptors (Lipinski definition) is 7. The van der Waals surface area contributed by atoms with Gasteiger partial charge in [0.25, 0.3) is 0 Å². The first-order chi connectivity index (χ1) is 10.3. The number of carboxylic acid groups (broad SMARTS) is 3. The number of nitrogens with two attached hydrogens (primary N) is 1. The number of aliphatic carboxylic acids is 3. The van der Waals surface area contributed by atoms with E-state index in [1.54, 1.807) is 0 Å². The molecule has 0 rings (SSSR count). The zero-order valence-electron chi connectivity index (χ0n) is 12.1. The number of aliphatic hydroxyl groups excluding tert-OH is 1. The molecule has 10 heteroatoms. The van der Waals surface area contributed by atoms with E-state index in [9.17, 15) is 14.4 Å². The van der Waals surface area contributed by atoms with E-state index in [-0.39, 0.29) is 39.0 Å². The number of rotatable bonds is 13. The van der Waals surface area contributed by atoms with Gasteiger partial charge < -0.3 is 36.8 Å². The van der Waals surface area contributed by atoms with E-state index in [1.807, 2.05) is 0 Å². The number of hydrogen-bond donors (Lipinski definition) is 7. The molecular formula is C12H23N3O7. The molecule has 0 bridgehead atoms. The summed E-state index contributed by atoms with van der Waals surface area (Å²) in [5.74, 6) is -3.41. The van der Waals surface area contributed by atoms with Gasteiger partial charge >= 0.3 is 17.9 Å². The summed E-state index contributed by atoms with van der Waals surface area (Å²) in [6.45, 7) is -0.0625. The Labute approximate surface area is 127 Å². The van der Waals surface area contributed by atoms with E-state index in [0.717, 1.165) is 0 Å². The topological polar surface area (TPSA) is 182 Å². The minimum absolute atomic E-state index is 0.0218. The minimum atomic E-state index is -1.16. The van der Waals surface area contributed by atoms with Gasteiger partial charge in [-0.15, -0.1) is 0 Å². The molecule has 0 spiro atoms. The molecule has 0 radical (unpaired) electrons. The van der Waals surface area contributed by atoms with Gasteiger partial charge in [-0.05, 0) is 32.4 Å². The molecule has 3 atom stereocenters. The average molecular weight is 321 g/mol. The molecule has 0 aliphatic carbocycles. The van der Waals surface area contributed by atoms with Crippen molar-refractivity contribution in [1.29, 1.82) is 0 Å². The van der Waals surface area contributed by atoms with Crippen LogP contribution in [0.3, 0.4) is 0 Å². The maximum absolute atomic E-state index is 11.1. The van der Waals surface area contributed by atoms with E-state index in [1.165, 1.54) is 0 Å². The molecule has 0 aliphatic heterocycles. The maximum Gasteiger partial charge on any atom is 0.320 e. The summed E-state index contributed by atoms with van der Waals surface area (Å²) in [4.78, 5) is 32.4. The van der Waals surface area contributed by atoms with E-state index < -0.39 is 36.0 Å². The van der Waals surface area contributed by atoms with Crippen LogP contribution in [0.2, 0.25) is 0 Å². The lowest BCUT2D eigenvalue weighted by atomic mass is 10.1. The summed E-state index contributed by atoms with van der Waals surface area (Å²) in [6.07, 6.45) is 0.204. The van der Waals surface area contributed by atoms with Gasteiger partial charge in [-0.25, -0.2) is 0 Å². The first-order valence-electron chi connectivity index (χ1n) is 6.81. The number of nitrogens with one attached hydrogen (secondary N) is 2. The summed E-state index contributed by atoms with van der Waals surface area (Å²) in [5, 5.41) is 40.5. The second-order valence-corrected chi connectivity index (χ2v) is 4.72. The average Bonchev–Trinajstić information content (AvgIpc) is 2.43. The Kier molecular flexibility index (Phi) is 10.0. The SMILES string of the molecule is N[C@@H](CCN[C@@H](CCN[C@@H](CCO)C(=O)O)C(=O)O)C(=O)O. The van der Waals surface area contributed by atoms with Gasteiger partial charge in [0.15, 0.2) is 0 Å².